The number of nitrogens with zero attached hydrogens (tertiary/aromatic N) is 1. The first-order valence-electron chi connectivity index (χ1n) is 7.80. The van der Waals surface area contributed by atoms with Crippen molar-refractivity contribution in [1.82, 2.24) is 0 Å². The molecule has 2 aromatic rings. The molecular formula is C19H19NO6. The van der Waals surface area contributed by atoms with Crippen LogP contribution in [0.5, 0.6) is 17.2 Å². The Balaban J connectivity index is 2.05. The van der Waals surface area contributed by atoms with Gasteiger partial charge in [0.1, 0.15) is 5.75 Å². The van der Waals surface area contributed by atoms with Crippen molar-refractivity contribution in [1.29, 1.82) is 0 Å². The molecular weight excluding hydrogens is 338 g/mol. The van der Waals surface area contributed by atoms with E-state index in [0.717, 1.165) is 17.3 Å². The number of hydrogen-bond donors (Lipinski definition) is 0. The highest BCUT2D eigenvalue weighted by Crippen LogP contribution is 2.29. The number of hydrogen-bond acceptors (Lipinski definition) is 6. The van der Waals surface area contributed by atoms with Crippen LogP contribution in [0, 0.1) is 24.0 Å². The molecule has 0 saturated heterocycles. The van der Waals surface area contributed by atoms with Gasteiger partial charge in [0, 0.05) is 6.08 Å². The van der Waals surface area contributed by atoms with Crippen molar-refractivity contribution in [3.63, 3.8) is 0 Å². The van der Waals surface area contributed by atoms with Gasteiger partial charge < -0.3 is 14.2 Å². The van der Waals surface area contributed by atoms with Gasteiger partial charge in [-0.05, 0) is 42.7 Å². The zero-order valence-electron chi connectivity index (χ0n) is 14.7. The van der Waals surface area contributed by atoms with Crippen molar-refractivity contribution in [2.45, 2.75) is 13.8 Å². The second-order valence-corrected chi connectivity index (χ2v) is 5.50. The number of para-hydroxylation sites is 1. The first kappa shape index (κ1) is 19.0. The first-order chi connectivity index (χ1) is 12.4. The Morgan fingerprint density at radius 1 is 1.15 bits per heavy atom. The summed E-state index contributed by atoms with van der Waals surface area (Å²) in [7, 11) is 1.42. The molecule has 2 rings (SSSR count). The smallest absolute Gasteiger partial charge is 0.349 e. The van der Waals surface area contributed by atoms with E-state index in [9.17, 15) is 14.9 Å². The Bertz CT molecular complexity index is 824. The summed E-state index contributed by atoms with van der Waals surface area (Å²) >= 11 is 0. The number of rotatable bonds is 7. The summed E-state index contributed by atoms with van der Waals surface area (Å²) in [5.41, 5.74) is 2.40. The van der Waals surface area contributed by atoms with E-state index in [2.05, 4.69) is 0 Å². The Labute approximate surface area is 151 Å². The highest BCUT2D eigenvalue weighted by Gasteiger charge is 2.13. The molecule has 2 aromatic carbocycles. The minimum atomic E-state index is -0.584. The minimum absolute atomic E-state index is 0.209. The van der Waals surface area contributed by atoms with Gasteiger partial charge in [0.25, 0.3) is 0 Å². The molecule has 7 nitrogen and oxygen atoms in total. The fourth-order valence-electron chi connectivity index (χ4n) is 2.33. The summed E-state index contributed by atoms with van der Waals surface area (Å²) in [5.74, 6) is 0.563. The topological polar surface area (TPSA) is 87.9 Å². The van der Waals surface area contributed by atoms with Gasteiger partial charge in [-0.25, -0.2) is 4.79 Å². The number of benzene rings is 2. The van der Waals surface area contributed by atoms with Gasteiger partial charge in [-0.15, -0.1) is 0 Å². The normalized spacial score (nSPS) is 10.6. The lowest BCUT2D eigenvalue weighted by Crippen LogP contribution is -2.18. The van der Waals surface area contributed by atoms with E-state index in [0.29, 0.717) is 11.3 Å². The van der Waals surface area contributed by atoms with Crippen LogP contribution in [0.2, 0.25) is 0 Å². The van der Waals surface area contributed by atoms with Crippen LogP contribution in [-0.2, 0) is 4.79 Å². The average molecular weight is 357 g/mol. The number of nitro groups is 1. The van der Waals surface area contributed by atoms with Crippen molar-refractivity contribution in [2.24, 2.45) is 0 Å². The molecule has 136 valence electrons. The quantitative estimate of drug-likeness (QED) is 0.326. The van der Waals surface area contributed by atoms with Crippen LogP contribution < -0.4 is 14.2 Å². The Hall–Kier alpha value is -3.35. The van der Waals surface area contributed by atoms with E-state index < -0.39 is 10.9 Å². The number of aryl methyl sites for hydroxylation is 2. The van der Waals surface area contributed by atoms with E-state index >= 15 is 0 Å². The summed E-state index contributed by atoms with van der Waals surface area (Å²) in [6, 6.07) is 10.3. The Morgan fingerprint density at radius 3 is 2.46 bits per heavy atom. The molecule has 0 atom stereocenters. The fraction of sp³-hybridized carbons (Fsp3) is 0.211. The number of carbonyl (C=O) groups excluding carboxylic acids is 1. The van der Waals surface area contributed by atoms with Gasteiger partial charge in [0.15, 0.2) is 18.1 Å². The van der Waals surface area contributed by atoms with Crippen LogP contribution in [-0.4, -0.2) is 24.6 Å². The van der Waals surface area contributed by atoms with E-state index in [4.69, 9.17) is 14.2 Å². The predicted molar refractivity (Wildman–Crippen MR) is 96.1 cm³/mol. The third kappa shape index (κ3) is 5.07. The number of carbonyl (C=O) groups is 1. The van der Waals surface area contributed by atoms with Gasteiger partial charge in [0.2, 0.25) is 6.20 Å². The number of esters is 1. The van der Waals surface area contributed by atoms with Crippen molar-refractivity contribution in [2.75, 3.05) is 13.7 Å². The summed E-state index contributed by atoms with van der Waals surface area (Å²) in [5, 5.41) is 10.4. The van der Waals surface area contributed by atoms with Crippen molar-refractivity contribution in [3.8, 4) is 17.2 Å². The van der Waals surface area contributed by atoms with Crippen LogP contribution in [0.15, 0.2) is 42.6 Å². The molecule has 0 bridgehead atoms. The molecule has 0 N–H and O–H groups in total. The lowest BCUT2D eigenvalue weighted by atomic mass is 10.1. The van der Waals surface area contributed by atoms with Crippen molar-refractivity contribution in [3.05, 3.63) is 69.4 Å². The molecule has 0 amide bonds. The van der Waals surface area contributed by atoms with Gasteiger partial charge in [0.05, 0.1) is 12.0 Å². The van der Waals surface area contributed by atoms with E-state index in [1.165, 1.54) is 25.3 Å². The third-order valence-corrected chi connectivity index (χ3v) is 3.54. The molecule has 0 saturated carbocycles. The van der Waals surface area contributed by atoms with Crippen molar-refractivity contribution >= 4 is 12.0 Å². The molecule has 0 spiro atoms. The average Bonchev–Trinajstić information content (AvgIpc) is 2.60. The maximum absolute atomic E-state index is 12.1. The van der Waals surface area contributed by atoms with Crippen LogP contribution >= 0.6 is 0 Å². The molecule has 0 unspecified atom stereocenters. The van der Waals surface area contributed by atoms with E-state index in [-0.39, 0.29) is 18.1 Å². The lowest BCUT2D eigenvalue weighted by Gasteiger charge is -2.13. The zero-order chi connectivity index (χ0) is 19.1. The van der Waals surface area contributed by atoms with E-state index in [1.807, 2.05) is 32.0 Å². The molecule has 0 aromatic heterocycles. The molecule has 0 heterocycles. The SMILES string of the molecule is COc1cc(C=C[N+](=O)[O-])ccc1OC(=O)COc1c(C)cccc1C. The second kappa shape index (κ2) is 8.66. The van der Waals surface area contributed by atoms with Crippen molar-refractivity contribution < 1.29 is 23.9 Å². The van der Waals surface area contributed by atoms with Crippen LogP contribution in [0.3, 0.4) is 0 Å². The number of methoxy groups -OCH3 is 1. The van der Waals surface area contributed by atoms with E-state index in [1.54, 1.807) is 6.07 Å². The summed E-state index contributed by atoms with van der Waals surface area (Å²) in [6.07, 6.45) is 2.14. The van der Waals surface area contributed by atoms with Gasteiger partial charge >= 0.3 is 5.97 Å². The molecule has 0 aliphatic rings. The lowest BCUT2D eigenvalue weighted by molar-refractivity contribution is -0.400. The summed E-state index contributed by atoms with van der Waals surface area (Å²) < 4.78 is 16.0. The van der Waals surface area contributed by atoms with Gasteiger partial charge in [-0.1, -0.05) is 24.3 Å². The fourth-order valence-corrected chi connectivity index (χ4v) is 2.33. The number of ether oxygens (including phenoxy) is 3. The predicted octanol–water partition coefficient (Wildman–Crippen LogP) is 3.54. The zero-order valence-corrected chi connectivity index (χ0v) is 14.7. The first-order valence-corrected chi connectivity index (χ1v) is 7.80. The Morgan fingerprint density at radius 2 is 1.85 bits per heavy atom. The van der Waals surface area contributed by atoms with Crippen LogP contribution in [0.1, 0.15) is 16.7 Å². The van der Waals surface area contributed by atoms with Gasteiger partial charge in [-0.2, -0.15) is 0 Å². The van der Waals surface area contributed by atoms with Gasteiger partial charge in [-0.3, -0.25) is 10.1 Å². The highest BCUT2D eigenvalue weighted by molar-refractivity contribution is 5.75. The third-order valence-electron chi connectivity index (χ3n) is 3.54. The molecule has 0 aliphatic carbocycles. The monoisotopic (exact) mass is 357 g/mol. The largest absolute Gasteiger partial charge is 0.493 e. The maximum Gasteiger partial charge on any atom is 0.349 e. The molecule has 0 aliphatic heterocycles. The molecule has 26 heavy (non-hydrogen) atoms. The molecule has 7 heteroatoms. The van der Waals surface area contributed by atoms with Crippen LogP contribution in [0.4, 0.5) is 0 Å². The highest BCUT2D eigenvalue weighted by atomic mass is 16.6. The Kier molecular flexibility index (Phi) is 6.32. The molecule has 0 fully saturated rings. The van der Waals surface area contributed by atoms with Crippen LogP contribution in [0.25, 0.3) is 6.08 Å². The summed E-state index contributed by atoms with van der Waals surface area (Å²) in [6.45, 7) is 3.54. The minimum Gasteiger partial charge on any atom is -0.493 e. The second-order valence-electron chi connectivity index (χ2n) is 5.50. The molecule has 0 radical (unpaired) electrons. The summed E-state index contributed by atoms with van der Waals surface area (Å²) in [4.78, 5) is 21.9. The standard InChI is InChI=1S/C19H19NO6/c1-13-5-4-6-14(2)19(13)25-12-18(21)26-16-8-7-15(9-10-20(22)23)11-17(16)24-3/h4-11H,12H2,1-3H3. The maximum atomic E-state index is 12.1.